The number of carboxylic acids is 1. The Balaban J connectivity index is 2.02. The second kappa shape index (κ2) is 2.86. The summed E-state index contributed by atoms with van der Waals surface area (Å²) >= 11 is 0. The summed E-state index contributed by atoms with van der Waals surface area (Å²) in [5, 5.41) is 8.84. The number of fused-ring (bicyclic) bond motifs is 2. The van der Waals surface area contributed by atoms with Gasteiger partial charge in [0.25, 0.3) is 0 Å². The molecule has 0 aliphatic heterocycles. The van der Waals surface area contributed by atoms with Gasteiger partial charge in [-0.15, -0.1) is 0 Å². The topological polar surface area (TPSA) is 37.3 Å². The number of hydrogen-bond donors (Lipinski definition) is 1. The van der Waals surface area contributed by atoms with Gasteiger partial charge in [0, 0.05) is 0 Å². The molecule has 0 saturated heterocycles. The molecule has 1 fully saturated rings. The number of aliphatic carboxylic acids is 1. The van der Waals surface area contributed by atoms with E-state index in [1.54, 1.807) is 0 Å². The number of carboxylic acid groups (broad SMARTS) is 1. The Hall–Kier alpha value is -0.790. The van der Waals surface area contributed by atoms with Crippen LogP contribution < -0.4 is 0 Å². The zero-order valence-electron chi connectivity index (χ0n) is 7.99. The van der Waals surface area contributed by atoms with Crippen molar-refractivity contribution in [3.05, 3.63) is 12.2 Å². The highest BCUT2D eigenvalue weighted by atomic mass is 16.4. The lowest BCUT2D eigenvalue weighted by Gasteiger charge is -2.25. The maximum Gasteiger partial charge on any atom is 0.306 e. The zero-order valence-corrected chi connectivity index (χ0v) is 7.99. The van der Waals surface area contributed by atoms with E-state index in [1.165, 1.54) is 19.3 Å². The van der Waals surface area contributed by atoms with E-state index in [9.17, 15) is 4.79 Å². The van der Waals surface area contributed by atoms with Gasteiger partial charge in [0.15, 0.2) is 0 Å². The summed E-state index contributed by atoms with van der Waals surface area (Å²) in [6, 6.07) is 0. The summed E-state index contributed by atoms with van der Waals surface area (Å²) in [5.74, 6) is -0.0966. The Morgan fingerprint density at radius 1 is 1.77 bits per heavy atom. The van der Waals surface area contributed by atoms with Crippen LogP contribution >= 0.6 is 0 Å². The van der Waals surface area contributed by atoms with Crippen molar-refractivity contribution in [1.82, 2.24) is 0 Å². The Morgan fingerprint density at radius 3 is 2.92 bits per heavy atom. The van der Waals surface area contributed by atoms with E-state index < -0.39 is 5.97 Å². The Morgan fingerprint density at radius 2 is 2.54 bits per heavy atom. The van der Waals surface area contributed by atoms with Crippen LogP contribution in [0.2, 0.25) is 0 Å². The van der Waals surface area contributed by atoms with Gasteiger partial charge in [0.2, 0.25) is 0 Å². The van der Waals surface area contributed by atoms with Gasteiger partial charge in [-0.25, -0.2) is 0 Å². The van der Waals surface area contributed by atoms with E-state index in [0.717, 1.165) is 12.3 Å². The molecule has 72 valence electrons. The summed E-state index contributed by atoms with van der Waals surface area (Å²) in [4.78, 5) is 10.7. The van der Waals surface area contributed by atoms with Crippen LogP contribution in [-0.2, 0) is 4.79 Å². The van der Waals surface area contributed by atoms with Gasteiger partial charge in [-0.1, -0.05) is 19.1 Å². The predicted octanol–water partition coefficient (Wildman–Crippen LogP) is 2.45. The molecule has 0 aromatic rings. The molecule has 13 heavy (non-hydrogen) atoms. The van der Waals surface area contributed by atoms with Crippen LogP contribution in [0.3, 0.4) is 0 Å². The quantitative estimate of drug-likeness (QED) is 0.677. The van der Waals surface area contributed by atoms with Crippen molar-refractivity contribution >= 4 is 5.97 Å². The molecular weight excluding hydrogens is 164 g/mol. The fourth-order valence-corrected chi connectivity index (χ4v) is 2.81. The molecule has 0 aromatic heterocycles. The molecule has 3 atom stereocenters. The average Bonchev–Trinajstić information content (AvgIpc) is 2.62. The first kappa shape index (κ1) is 8.79. The molecule has 0 aromatic carbocycles. The van der Waals surface area contributed by atoms with E-state index in [2.05, 4.69) is 12.2 Å². The molecular formula is C11H16O2. The van der Waals surface area contributed by atoms with Crippen molar-refractivity contribution in [2.24, 2.45) is 17.3 Å². The van der Waals surface area contributed by atoms with Crippen LogP contribution in [0.5, 0.6) is 0 Å². The van der Waals surface area contributed by atoms with E-state index in [-0.39, 0.29) is 11.3 Å². The molecule has 2 bridgehead atoms. The number of allylic oxidation sites excluding steroid dienone is 2. The lowest BCUT2D eigenvalue weighted by molar-refractivity contribution is -0.142. The van der Waals surface area contributed by atoms with Crippen molar-refractivity contribution in [2.45, 2.75) is 32.6 Å². The molecule has 0 spiro atoms. The molecule has 0 radical (unpaired) electrons. The first-order valence-electron chi connectivity index (χ1n) is 5.03. The monoisotopic (exact) mass is 180 g/mol. The fourth-order valence-electron chi connectivity index (χ4n) is 2.81. The highest BCUT2D eigenvalue weighted by molar-refractivity contribution is 5.69. The minimum absolute atomic E-state index is 0.193. The molecule has 1 saturated carbocycles. The summed E-state index contributed by atoms with van der Waals surface area (Å²) in [7, 11) is 0. The lowest BCUT2D eigenvalue weighted by Crippen LogP contribution is -2.21. The molecule has 2 heteroatoms. The van der Waals surface area contributed by atoms with Crippen LogP contribution in [0, 0.1) is 17.3 Å². The number of rotatable bonds is 3. The third kappa shape index (κ3) is 1.50. The summed E-state index contributed by atoms with van der Waals surface area (Å²) in [5.41, 5.74) is 0.252. The molecule has 1 N–H and O–H groups in total. The van der Waals surface area contributed by atoms with Crippen LogP contribution in [0.25, 0.3) is 0 Å². The molecule has 0 heterocycles. The van der Waals surface area contributed by atoms with E-state index >= 15 is 0 Å². The van der Waals surface area contributed by atoms with Crippen LogP contribution in [0.4, 0.5) is 0 Å². The first-order valence-corrected chi connectivity index (χ1v) is 5.03. The molecule has 2 rings (SSSR count). The molecule has 2 aliphatic rings. The fraction of sp³-hybridized carbons (Fsp3) is 0.727. The van der Waals surface area contributed by atoms with Crippen molar-refractivity contribution in [2.75, 3.05) is 0 Å². The van der Waals surface area contributed by atoms with Gasteiger partial charge in [0.1, 0.15) is 0 Å². The van der Waals surface area contributed by atoms with Crippen molar-refractivity contribution in [1.29, 1.82) is 0 Å². The Labute approximate surface area is 78.6 Å². The minimum Gasteiger partial charge on any atom is -0.481 e. The maximum absolute atomic E-state index is 10.7. The zero-order chi connectivity index (χ0) is 9.47. The molecule has 2 aliphatic carbocycles. The third-order valence-corrected chi connectivity index (χ3v) is 3.54. The van der Waals surface area contributed by atoms with Crippen LogP contribution in [0.15, 0.2) is 12.2 Å². The van der Waals surface area contributed by atoms with Crippen LogP contribution in [-0.4, -0.2) is 11.1 Å². The largest absolute Gasteiger partial charge is 0.481 e. The lowest BCUT2D eigenvalue weighted by atomic mass is 9.79. The van der Waals surface area contributed by atoms with E-state index in [1.807, 2.05) is 6.92 Å². The molecule has 2 nitrogen and oxygen atoms in total. The summed E-state index contributed by atoms with van der Waals surface area (Å²) < 4.78 is 0. The van der Waals surface area contributed by atoms with Gasteiger partial charge in [-0.3, -0.25) is 4.79 Å². The van der Waals surface area contributed by atoms with E-state index in [4.69, 9.17) is 5.11 Å². The molecule has 3 unspecified atom stereocenters. The summed E-state index contributed by atoms with van der Waals surface area (Å²) in [6.07, 6.45) is 9.03. The Bertz CT molecular complexity index is 257. The SMILES string of the molecule is CC(CC12C=CC(CC1)C2)C(=O)O. The Kier molecular flexibility index (Phi) is 1.94. The number of carbonyl (C=O) groups is 1. The smallest absolute Gasteiger partial charge is 0.306 e. The van der Waals surface area contributed by atoms with Crippen molar-refractivity contribution in [3.8, 4) is 0 Å². The van der Waals surface area contributed by atoms with Crippen molar-refractivity contribution < 1.29 is 9.90 Å². The predicted molar refractivity (Wildman–Crippen MR) is 50.3 cm³/mol. The standard InChI is InChI=1S/C11H16O2/c1-8(10(12)13)6-11-4-2-9(7-11)3-5-11/h2,4,8-9H,3,5-7H2,1H3,(H,12,13). The van der Waals surface area contributed by atoms with Crippen LogP contribution in [0.1, 0.15) is 32.6 Å². The van der Waals surface area contributed by atoms with Crippen molar-refractivity contribution in [3.63, 3.8) is 0 Å². The van der Waals surface area contributed by atoms with Gasteiger partial charge in [-0.05, 0) is 37.0 Å². The van der Waals surface area contributed by atoms with Gasteiger partial charge in [0.05, 0.1) is 5.92 Å². The normalized spacial score (nSPS) is 38.1. The van der Waals surface area contributed by atoms with Gasteiger partial charge >= 0.3 is 5.97 Å². The maximum atomic E-state index is 10.7. The highest BCUT2D eigenvalue weighted by Gasteiger charge is 2.42. The van der Waals surface area contributed by atoms with E-state index in [0.29, 0.717) is 0 Å². The van der Waals surface area contributed by atoms with Gasteiger partial charge in [-0.2, -0.15) is 0 Å². The van der Waals surface area contributed by atoms with Gasteiger partial charge < -0.3 is 5.11 Å². The second-order valence-corrected chi connectivity index (χ2v) is 4.67. The average molecular weight is 180 g/mol. The highest BCUT2D eigenvalue weighted by Crippen LogP contribution is 2.52. The second-order valence-electron chi connectivity index (χ2n) is 4.67. The first-order chi connectivity index (χ1) is 6.11. The number of hydrogen-bond acceptors (Lipinski definition) is 1. The molecule has 0 amide bonds. The third-order valence-electron chi connectivity index (χ3n) is 3.54. The minimum atomic E-state index is -0.655. The summed E-state index contributed by atoms with van der Waals surface area (Å²) in [6.45, 7) is 1.82.